The zero-order valence-electron chi connectivity index (χ0n) is 11.9. The summed E-state index contributed by atoms with van der Waals surface area (Å²) in [5, 5.41) is 1.10. The fraction of sp³-hybridized carbons (Fsp3) is 0.500. The number of aromatic nitrogens is 1. The van der Waals surface area contributed by atoms with Gasteiger partial charge >= 0.3 is 0 Å². The Kier molecular flexibility index (Phi) is 4.61. The van der Waals surface area contributed by atoms with Crippen molar-refractivity contribution in [2.24, 2.45) is 0 Å². The number of fused-ring (bicyclic) bond motifs is 1. The highest BCUT2D eigenvalue weighted by Crippen LogP contribution is 2.30. The highest BCUT2D eigenvalue weighted by molar-refractivity contribution is 7.22. The first-order valence-electron chi connectivity index (χ1n) is 6.66. The van der Waals surface area contributed by atoms with E-state index in [9.17, 15) is 0 Å². The largest absolute Gasteiger partial charge is 0.399 e. The lowest BCUT2D eigenvalue weighted by atomic mass is 10.3. The molecule has 2 aromatic rings. The molecule has 2 N–H and O–H groups in total. The molecule has 2 rings (SSSR count). The van der Waals surface area contributed by atoms with Crippen LogP contribution in [0.3, 0.4) is 0 Å². The van der Waals surface area contributed by atoms with E-state index in [1.807, 2.05) is 18.2 Å². The molecule has 0 fully saturated rings. The van der Waals surface area contributed by atoms with E-state index in [1.165, 1.54) is 4.70 Å². The third kappa shape index (κ3) is 3.58. The van der Waals surface area contributed by atoms with E-state index in [0.717, 1.165) is 42.4 Å². The van der Waals surface area contributed by atoms with Crippen LogP contribution in [0.1, 0.15) is 13.3 Å². The second kappa shape index (κ2) is 6.21. The molecule has 0 saturated carbocycles. The zero-order valence-corrected chi connectivity index (χ0v) is 12.7. The Hall–Kier alpha value is -1.33. The predicted octanol–water partition coefficient (Wildman–Crippen LogP) is 2.66. The first-order valence-corrected chi connectivity index (χ1v) is 7.47. The molecule has 19 heavy (non-hydrogen) atoms. The minimum atomic E-state index is 0.804. The van der Waals surface area contributed by atoms with Crippen molar-refractivity contribution < 1.29 is 0 Å². The summed E-state index contributed by atoms with van der Waals surface area (Å²) in [6.45, 7) is 5.30. The number of nitrogen functional groups attached to an aromatic ring is 1. The maximum absolute atomic E-state index is 5.82. The summed E-state index contributed by atoms with van der Waals surface area (Å²) < 4.78 is 1.17. The molecule has 0 aliphatic rings. The Bertz CT molecular complexity index is 535. The van der Waals surface area contributed by atoms with E-state index in [2.05, 4.69) is 30.8 Å². The van der Waals surface area contributed by atoms with Crippen LogP contribution in [-0.2, 0) is 0 Å². The van der Waals surface area contributed by atoms with Gasteiger partial charge in [-0.05, 0) is 38.7 Å². The lowest BCUT2D eigenvalue weighted by Crippen LogP contribution is -2.32. The number of hydrogen-bond donors (Lipinski definition) is 1. The number of anilines is 2. The van der Waals surface area contributed by atoms with Crippen LogP contribution in [0.5, 0.6) is 0 Å². The van der Waals surface area contributed by atoms with Crippen molar-refractivity contribution in [2.45, 2.75) is 13.3 Å². The van der Waals surface area contributed by atoms with Crippen LogP contribution in [0, 0.1) is 0 Å². The zero-order chi connectivity index (χ0) is 13.8. The van der Waals surface area contributed by atoms with Gasteiger partial charge in [-0.15, -0.1) is 0 Å². The molecule has 0 radical (unpaired) electrons. The van der Waals surface area contributed by atoms with Gasteiger partial charge in [0.1, 0.15) is 0 Å². The number of nitrogens with zero attached hydrogens (tertiary/aromatic N) is 3. The van der Waals surface area contributed by atoms with Gasteiger partial charge < -0.3 is 15.5 Å². The minimum Gasteiger partial charge on any atom is -0.399 e. The van der Waals surface area contributed by atoms with Crippen molar-refractivity contribution in [3.63, 3.8) is 0 Å². The van der Waals surface area contributed by atoms with Crippen LogP contribution >= 0.6 is 11.3 Å². The van der Waals surface area contributed by atoms with Crippen LogP contribution in [0.25, 0.3) is 10.2 Å². The normalized spacial score (nSPS) is 11.4. The highest BCUT2D eigenvalue weighted by Gasteiger charge is 2.11. The summed E-state index contributed by atoms with van der Waals surface area (Å²) in [6, 6.07) is 5.92. The van der Waals surface area contributed by atoms with Gasteiger partial charge in [0.2, 0.25) is 0 Å². The monoisotopic (exact) mass is 278 g/mol. The number of hydrogen-bond acceptors (Lipinski definition) is 5. The summed E-state index contributed by atoms with van der Waals surface area (Å²) >= 11 is 1.73. The number of likely N-dealkylation sites (N-methyl/N-ethyl adjacent to an activating group) is 1. The third-order valence-corrected chi connectivity index (χ3v) is 4.06. The van der Waals surface area contributed by atoms with Crippen molar-refractivity contribution in [3.8, 4) is 0 Å². The summed E-state index contributed by atoms with van der Waals surface area (Å²) in [4.78, 5) is 9.29. The standard InChI is InChI=1S/C14H22N4S/c1-4-7-18(9-8-17(2)3)14-16-12-6-5-11(15)10-13(12)19-14/h5-6,10H,4,7-9,15H2,1-3H3. The molecule has 104 valence electrons. The molecule has 1 aromatic carbocycles. The Balaban J connectivity index is 2.22. The van der Waals surface area contributed by atoms with Gasteiger partial charge in [-0.25, -0.2) is 4.98 Å². The lowest BCUT2D eigenvalue weighted by Gasteiger charge is -2.22. The topological polar surface area (TPSA) is 45.4 Å². The van der Waals surface area contributed by atoms with Gasteiger partial charge in [-0.3, -0.25) is 0 Å². The molecule has 1 heterocycles. The molecule has 1 aromatic heterocycles. The summed E-state index contributed by atoms with van der Waals surface area (Å²) in [5.74, 6) is 0. The summed E-state index contributed by atoms with van der Waals surface area (Å²) in [6.07, 6.45) is 1.13. The van der Waals surface area contributed by atoms with Crippen molar-refractivity contribution in [1.82, 2.24) is 9.88 Å². The molecule has 0 atom stereocenters. The van der Waals surface area contributed by atoms with Gasteiger partial charge in [0, 0.05) is 25.3 Å². The lowest BCUT2D eigenvalue weighted by molar-refractivity contribution is 0.413. The summed E-state index contributed by atoms with van der Waals surface area (Å²) in [7, 11) is 4.20. The molecule has 5 heteroatoms. The van der Waals surface area contributed by atoms with Crippen LogP contribution < -0.4 is 10.6 Å². The van der Waals surface area contributed by atoms with Crippen molar-refractivity contribution >= 4 is 32.4 Å². The van der Waals surface area contributed by atoms with E-state index in [1.54, 1.807) is 11.3 Å². The van der Waals surface area contributed by atoms with Crippen LogP contribution in [0.15, 0.2) is 18.2 Å². The molecule has 0 aliphatic carbocycles. The Labute approximate surface area is 118 Å². The van der Waals surface area contributed by atoms with E-state index in [0.29, 0.717) is 0 Å². The van der Waals surface area contributed by atoms with Gasteiger partial charge in [-0.2, -0.15) is 0 Å². The van der Waals surface area contributed by atoms with Crippen LogP contribution in [0.2, 0.25) is 0 Å². The molecule has 0 spiro atoms. The van der Waals surface area contributed by atoms with Crippen molar-refractivity contribution in [1.29, 1.82) is 0 Å². The highest BCUT2D eigenvalue weighted by atomic mass is 32.1. The average Bonchev–Trinajstić information content (AvgIpc) is 2.76. The van der Waals surface area contributed by atoms with Gasteiger partial charge in [0.25, 0.3) is 0 Å². The molecular weight excluding hydrogens is 256 g/mol. The number of thiazole rings is 1. The van der Waals surface area contributed by atoms with Gasteiger partial charge in [0.15, 0.2) is 5.13 Å². The Morgan fingerprint density at radius 2 is 2.00 bits per heavy atom. The smallest absolute Gasteiger partial charge is 0.186 e. The first-order chi connectivity index (χ1) is 9.10. The predicted molar refractivity (Wildman–Crippen MR) is 85.1 cm³/mol. The number of nitrogens with two attached hydrogens (primary N) is 1. The number of benzene rings is 1. The van der Waals surface area contributed by atoms with Gasteiger partial charge in [-0.1, -0.05) is 18.3 Å². The third-order valence-electron chi connectivity index (χ3n) is 2.98. The second-order valence-electron chi connectivity index (χ2n) is 5.01. The molecular formula is C14H22N4S. The molecule has 0 amide bonds. The Morgan fingerprint density at radius 1 is 1.21 bits per heavy atom. The maximum Gasteiger partial charge on any atom is 0.186 e. The molecule has 0 bridgehead atoms. The SMILES string of the molecule is CCCN(CCN(C)C)c1nc2ccc(N)cc2s1. The van der Waals surface area contributed by atoms with E-state index < -0.39 is 0 Å². The maximum atomic E-state index is 5.82. The molecule has 4 nitrogen and oxygen atoms in total. The Morgan fingerprint density at radius 3 is 2.68 bits per heavy atom. The van der Waals surface area contributed by atoms with Gasteiger partial charge in [0.05, 0.1) is 10.2 Å². The quantitative estimate of drug-likeness (QED) is 0.825. The summed E-state index contributed by atoms with van der Waals surface area (Å²) in [5.41, 5.74) is 7.67. The first kappa shape index (κ1) is 14.1. The van der Waals surface area contributed by atoms with E-state index >= 15 is 0 Å². The average molecular weight is 278 g/mol. The fourth-order valence-corrected chi connectivity index (χ4v) is 3.02. The van der Waals surface area contributed by atoms with E-state index in [4.69, 9.17) is 10.7 Å². The molecule has 0 saturated heterocycles. The minimum absolute atomic E-state index is 0.804. The van der Waals surface area contributed by atoms with E-state index in [-0.39, 0.29) is 0 Å². The molecule has 0 unspecified atom stereocenters. The number of rotatable bonds is 6. The van der Waals surface area contributed by atoms with Crippen molar-refractivity contribution in [3.05, 3.63) is 18.2 Å². The second-order valence-corrected chi connectivity index (χ2v) is 6.02. The van der Waals surface area contributed by atoms with Crippen LogP contribution in [-0.4, -0.2) is 43.6 Å². The fourth-order valence-electron chi connectivity index (χ4n) is 1.96. The van der Waals surface area contributed by atoms with Crippen LogP contribution in [0.4, 0.5) is 10.8 Å². The van der Waals surface area contributed by atoms with Crippen molar-refractivity contribution in [2.75, 3.05) is 44.4 Å². The molecule has 0 aliphatic heterocycles.